The fraction of sp³-hybridized carbons (Fsp3) is 0.394. The highest BCUT2D eigenvalue weighted by molar-refractivity contribution is 5.76. The number of alkyl carbamates (subject to hydrolysis) is 1. The molecule has 0 bridgehead atoms. The Hall–Kier alpha value is -3.72. The summed E-state index contributed by atoms with van der Waals surface area (Å²) >= 11 is 0. The Morgan fingerprint density at radius 2 is 1.29 bits per heavy atom. The van der Waals surface area contributed by atoms with E-state index in [-0.39, 0.29) is 6.61 Å². The third-order valence-corrected chi connectivity index (χ3v) is 6.68. The molecule has 1 N–H and O–H groups in total. The van der Waals surface area contributed by atoms with Gasteiger partial charge in [-0.3, -0.25) is 0 Å². The molecule has 1 saturated heterocycles. The number of benzene rings is 3. The maximum Gasteiger partial charge on any atom is 0.408 e. The summed E-state index contributed by atoms with van der Waals surface area (Å²) < 4.78 is 29.7. The average molecular weight is 562 g/mol. The van der Waals surface area contributed by atoms with Crippen molar-refractivity contribution in [1.29, 1.82) is 0 Å². The number of amides is 1. The number of carbonyl (C=O) groups excluding carboxylic acids is 2. The van der Waals surface area contributed by atoms with Gasteiger partial charge in [-0.1, -0.05) is 91.0 Å². The Bertz CT molecular complexity index is 1190. The summed E-state index contributed by atoms with van der Waals surface area (Å²) in [5.41, 5.74) is 0.865. The molecule has 8 nitrogen and oxygen atoms in total. The lowest BCUT2D eigenvalue weighted by molar-refractivity contribution is -0.168. The zero-order chi connectivity index (χ0) is 29.7. The highest BCUT2D eigenvalue weighted by atomic mass is 16.8. The highest BCUT2D eigenvalue weighted by Gasteiger charge is 2.51. The second kappa shape index (κ2) is 12.4. The molecule has 0 saturated carbocycles. The summed E-state index contributed by atoms with van der Waals surface area (Å²) in [6, 6.07) is 28.8. The van der Waals surface area contributed by atoms with Crippen molar-refractivity contribution < 1.29 is 33.3 Å². The summed E-state index contributed by atoms with van der Waals surface area (Å²) in [7, 11) is 1.28. The van der Waals surface area contributed by atoms with Crippen LogP contribution in [-0.2, 0) is 34.1 Å². The van der Waals surface area contributed by atoms with Gasteiger partial charge in [-0.2, -0.15) is 0 Å². The van der Waals surface area contributed by atoms with Gasteiger partial charge in [0.05, 0.1) is 19.8 Å². The number of methoxy groups -OCH3 is 1. The quantitative estimate of drug-likeness (QED) is 0.269. The van der Waals surface area contributed by atoms with E-state index in [0.717, 1.165) is 16.7 Å². The SMILES string of the molecule is COC(=O)[C@@H]1OC(C)(C)O[C@@H]1[C@@H](COC(c1ccccc1)(c1ccccc1)c1ccccc1)NC(=O)OC(C)(C)C. The van der Waals surface area contributed by atoms with Crippen LogP contribution < -0.4 is 5.32 Å². The van der Waals surface area contributed by atoms with Gasteiger partial charge >= 0.3 is 12.1 Å². The summed E-state index contributed by atoms with van der Waals surface area (Å²) in [5.74, 6) is -1.72. The topological polar surface area (TPSA) is 92.3 Å². The van der Waals surface area contributed by atoms with Crippen LogP contribution in [-0.4, -0.2) is 55.4 Å². The predicted octanol–water partition coefficient (Wildman–Crippen LogP) is 5.58. The lowest BCUT2D eigenvalue weighted by atomic mass is 9.80. The minimum Gasteiger partial charge on any atom is -0.467 e. The first-order valence-corrected chi connectivity index (χ1v) is 13.7. The number of hydrogen-bond donors (Lipinski definition) is 1. The molecule has 1 aliphatic heterocycles. The lowest BCUT2D eigenvalue weighted by Crippen LogP contribution is -2.54. The van der Waals surface area contributed by atoms with Crippen LogP contribution in [0.1, 0.15) is 51.3 Å². The fourth-order valence-corrected chi connectivity index (χ4v) is 5.04. The summed E-state index contributed by atoms with van der Waals surface area (Å²) in [6.45, 7) is 8.68. The van der Waals surface area contributed by atoms with Crippen molar-refractivity contribution in [2.45, 2.75) is 69.9 Å². The molecule has 1 heterocycles. The van der Waals surface area contributed by atoms with Crippen molar-refractivity contribution >= 4 is 12.1 Å². The molecule has 3 atom stereocenters. The molecule has 3 aromatic rings. The van der Waals surface area contributed by atoms with E-state index in [0.29, 0.717) is 0 Å². The molecule has 8 heteroatoms. The highest BCUT2D eigenvalue weighted by Crippen LogP contribution is 2.41. The third-order valence-electron chi connectivity index (χ3n) is 6.68. The van der Waals surface area contributed by atoms with Gasteiger partial charge in [-0.25, -0.2) is 9.59 Å². The monoisotopic (exact) mass is 561 g/mol. The van der Waals surface area contributed by atoms with Crippen LogP contribution in [0, 0.1) is 0 Å². The Morgan fingerprint density at radius 1 is 0.829 bits per heavy atom. The second-order valence-corrected chi connectivity index (χ2v) is 11.4. The Kier molecular flexibility index (Phi) is 9.17. The normalized spacial score (nSPS) is 19.3. The molecule has 1 fully saturated rings. The van der Waals surface area contributed by atoms with Gasteiger partial charge in [0.15, 0.2) is 11.9 Å². The van der Waals surface area contributed by atoms with Crippen LogP contribution in [0.4, 0.5) is 4.79 Å². The van der Waals surface area contributed by atoms with Crippen LogP contribution >= 0.6 is 0 Å². The lowest BCUT2D eigenvalue weighted by Gasteiger charge is -2.38. The fourth-order valence-electron chi connectivity index (χ4n) is 5.04. The molecule has 0 unspecified atom stereocenters. The summed E-state index contributed by atoms with van der Waals surface area (Å²) in [6.07, 6.45) is -2.70. The van der Waals surface area contributed by atoms with E-state index in [1.54, 1.807) is 34.6 Å². The summed E-state index contributed by atoms with van der Waals surface area (Å²) in [5, 5.41) is 2.89. The first-order chi connectivity index (χ1) is 19.4. The molecule has 1 amide bonds. The summed E-state index contributed by atoms with van der Waals surface area (Å²) in [4.78, 5) is 25.9. The van der Waals surface area contributed by atoms with Crippen LogP contribution in [0.5, 0.6) is 0 Å². The molecule has 0 aliphatic carbocycles. The Morgan fingerprint density at radius 3 is 1.71 bits per heavy atom. The van der Waals surface area contributed by atoms with Crippen molar-refractivity contribution in [3.63, 3.8) is 0 Å². The first kappa shape index (κ1) is 30.2. The van der Waals surface area contributed by atoms with Gasteiger partial charge in [0.2, 0.25) is 0 Å². The van der Waals surface area contributed by atoms with Crippen molar-refractivity contribution in [3.8, 4) is 0 Å². The maximum absolute atomic E-state index is 13.1. The van der Waals surface area contributed by atoms with E-state index >= 15 is 0 Å². The number of rotatable bonds is 9. The van der Waals surface area contributed by atoms with Gasteiger partial charge in [0.25, 0.3) is 0 Å². The van der Waals surface area contributed by atoms with Gasteiger partial charge < -0.3 is 29.0 Å². The van der Waals surface area contributed by atoms with Gasteiger partial charge in [-0.05, 0) is 51.3 Å². The van der Waals surface area contributed by atoms with E-state index in [1.165, 1.54) is 7.11 Å². The predicted molar refractivity (Wildman–Crippen MR) is 154 cm³/mol. The van der Waals surface area contributed by atoms with E-state index in [1.807, 2.05) is 91.0 Å². The number of carbonyl (C=O) groups is 2. The number of ether oxygens (including phenoxy) is 5. The third kappa shape index (κ3) is 7.14. The zero-order valence-electron chi connectivity index (χ0n) is 24.5. The standard InChI is InChI=1S/C33H39NO7/c1-31(2,3)41-30(36)34-26(27-28(29(35)37-6)40-32(4,5)39-27)22-38-33(23-16-10-7-11-17-23,24-18-12-8-13-19-24)25-20-14-9-15-21-25/h7-21,26-28H,22H2,1-6H3,(H,34,36)/t26-,27-,28-/m1/s1. The van der Waals surface area contributed by atoms with Crippen molar-refractivity contribution in [2.75, 3.05) is 13.7 Å². The Balaban J connectivity index is 1.80. The van der Waals surface area contributed by atoms with Crippen LogP contribution in [0.2, 0.25) is 0 Å². The molecule has 41 heavy (non-hydrogen) atoms. The molecular formula is C33H39NO7. The molecule has 218 valence electrons. The number of nitrogens with one attached hydrogen (secondary N) is 1. The maximum atomic E-state index is 13.1. The van der Waals surface area contributed by atoms with E-state index in [2.05, 4.69) is 5.32 Å². The minimum absolute atomic E-state index is 0.0600. The van der Waals surface area contributed by atoms with Crippen LogP contribution in [0.15, 0.2) is 91.0 Å². The molecule has 0 spiro atoms. The van der Waals surface area contributed by atoms with Gasteiger partial charge in [0.1, 0.15) is 17.3 Å². The van der Waals surface area contributed by atoms with Crippen LogP contribution in [0.3, 0.4) is 0 Å². The van der Waals surface area contributed by atoms with Crippen LogP contribution in [0.25, 0.3) is 0 Å². The second-order valence-electron chi connectivity index (χ2n) is 11.4. The first-order valence-electron chi connectivity index (χ1n) is 13.7. The van der Waals surface area contributed by atoms with Crippen molar-refractivity contribution in [1.82, 2.24) is 5.32 Å². The minimum atomic E-state index is -1.10. The Labute approximate surface area is 241 Å². The van der Waals surface area contributed by atoms with E-state index < -0.39 is 47.3 Å². The van der Waals surface area contributed by atoms with Gasteiger partial charge in [0, 0.05) is 0 Å². The van der Waals surface area contributed by atoms with E-state index in [9.17, 15) is 9.59 Å². The number of esters is 1. The van der Waals surface area contributed by atoms with Crippen molar-refractivity contribution in [2.24, 2.45) is 0 Å². The van der Waals surface area contributed by atoms with E-state index in [4.69, 9.17) is 23.7 Å². The molecule has 3 aromatic carbocycles. The number of hydrogen-bond acceptors (Lipinski definition) is 7. The molecule has 0 radical (unpaired) electrons. The molecule has 0 aromatic heterocycles. The smallest absolute Gasteiger partial charge is 0.408 e. The average Bonchev–Trinajstić information content (AvgIpc) is 3.28. The largest absolute Gasteiger partial charge is 0.467 e. The zero-order valence-corrected chi connectivity index (χ0v) is 24.5. The van der Waals surface area contributed by atoms with Gasteiger partial charge in [-0.15, -0.1) is 0 Å². The molecular weight excluding hydrogens is 522 g/mol. The molecule has 4 rings (SSSR count). The van der Waals surface area contributed by atoms with Crippen molar-refractivity contribution in [3.05, 3.63) is 108 Å². The molecule has 1 aliphatic rings.